The maximum atomic E-state index is 13.0. The van der Waals surface area contributed by atoms with Crippen LogP contribution in [0.5, 0.6) is 11.5 Å². The van der Waals surface area contributed by atoms with Gasteiger partial charge < -0.3 is 19.8 Å². The highest BCUT2D eigenvalue weighted by molar-refractivity contribution is 6.32. The number of carbonyl (C=O) groups is 2. The quantitative estimate of drug-likeness (QED) is 0.625. The third-order valence-electron chi connectivity index (χ3n) is 5.41. The van der Waals surface area contributed by atoms with Crippen LogP contribution >= 0.6 is 11.6 Å². The molecule has 3 aromatic rings. The van der Waals surface area contributed by atoms with Crippen LogP contribution in [0.4, 0.5) is 4.79 Å². The molecule has 0 bridgehead atoms. The summed E-state index contributed by atoms with van der Waals surface area (Å²) in [4.78, 5) is 29.9. The number of ether oxygens (including phenoxy) is 2. The van der Waals surface area contributed by atoms with Crippen molar-refractivity contribution in [1.29, 1.82) is 0 Å². The summed E-state index contributed by atoms with van der Waals surface area (Å²) >= 11 is 6.34. The molecule has 1 saturated heterocycles. The monoisotopic (exact) mass is 425 g/mol. The van der Waals surface area contributed by atoms with Gasteiger partial charge in [0, 0.05) is 29.9 Å². The van der Waals surface area contributed by atoms with Gasteiger partial charge in [0.25, 0.3) is 5.91 Å². The summed E-state index contributed by atoms with van der Waals surface area (Å²) in [7, 11) is 0. The van der Waals surface area contributed by atoms with E-state index in [9.17, 15) is 9.59 Å². The van der Waals surface area contributed by atoms with Gasteiger partial charge in [0.15, 0.2) is 11.5 Å². The van der Waals surface area contributed by atoms with E-state index >= 15 is 0 Å². The van der Waals surface area contributed by atoms with Crippen LogP contribution in [0, 0.1) is 0 Å². The fourth-order valence-electron chi connectivity index (χ4n) is 3.94. The zero-order valence-corrected chi connectivity index (χ0v) is 16.9. The predicted molar refractivity (Wildman–Crippen MR) is 112 cm³/mol. The van der Waals surface area contributed by atoms with Gasteiger partial charge in [0.05, 0.1) is 24.8 Å². The van der Waals surface area contributed by atoms with Gasteiger partial charge in [-0.1, -0.05) is 29.8 Å². The van der Waals surface area contributed by atoms with Gasteiger partial charge in [-0.3, -0.25) is 9.69 Å². The zero-order valence-electron chi connectivity index (χ0n) is 16.1. The number of aromatic amines is 1. The van der Waals surface area contributed by atoms with Gasteiger partial charge in [-0.15, -0.1) is 0 Å². The number of urea groups is 1. The van der Waals surface area contributed by atoms with Crippen molar-refractivity contribution in [2.45, 2.75) is 25.4 Å². The van der Waals surface area contributed by atoms with Crippen LogP contribution in [0.1, 0.15) is 17.5 Å². The molecule has 0 aliphatic carbocycles. The third kappa shape index (κ3) is 3.35. The first-order chi connectivity index (χ1) is 14.6. The number of amides is 3. The molecular formula is C22H20ClN3O4. The fraction of sp³-hybridized carbons (Fsp3) is 0.273. The van der Waals surface area contributed by atoms with Gasteiger partial charge in [0.2, 0.25) is 0 Å². The number of carbonyl (C=O) groups excluding carboxylic acids is 2. The molecule has 2 aliphatic rings. The minimum absolute atomic E-state index is 0.116. The highest BCUT2D eigenvalue weighted by Gasteiger charge is 2.38. The third-order valence-corrected chi connectivity index (χ3v) is 5.69. The second kappa shape index (κ2) is 7.57. The molecular weight excluding hydrogens is 406 g/mol. The lowest BCUT2D eigenvalue weighted by molar-refractivity contribution is -0.127. The smallest absolute Gasteiger partial charge is 0.325 e. The Labute approximate surface area is 177 Å². The minimum Gasteiger partial charge on any atom is -0.489 e. The maximum Gasteiger partial charge on any atom is 0.325 e. The van der Waals surface area contributed by atoms with E-state index in [0.717, 1.165) is 22.9 Å². The minimum atomic E-state index is -0.604. The average Bonchev–Trinajstić information content (AvgIpc) is 3.13. The van der Waals surface area contributed by atoms with Gasteiger partial charge in [0.1, 0.15) is 6.04 Å². The van der Waals surface area contributed by atoms with E-state index in [2.05, 4.69) is 10.3 Å². The lowest BCUT2D eigenvalue weighted by Crippen LogP contribution is -2.32. The Morgan fingerprint density at radius 1 is 1.13 bits per heavy atom. The predicted octanol–water partition coefficient (Wildman–Crippen LogP) is 3.65. The number of nitrogens with zero attached hydrogens (tertiary/aromatic N) is 1. The average molecular weight is 426 g/mol. The van der Waals surface area contributed by atoms with Gasteiger partial charge in [-0.25, -0.2) is 4.79 Å². The van der Waals surface area contributed by atoms with Crippen LogP contribution in [0.3, 0.4) is 0 Å². The topological polar surface area (TPSA) is 83.7 Å². The SMILES string of the molecule is O=C1NC(Cc2c[nH]c3ccccc23)C(=O)N1Cc1cc(Cl)c2c(c1)OCCCO2. The molecule has 2 aliphatic heterocycles. The van der Waals surface area contributed by atoms with Crippen molar-refractivity contribution in [3.63, 3.8) is 0 Å². The largest absolute Gasteiger partial charge is 0.489 e. The number of hydrogen-bond donors (Lipinski definition) is 2. The summed E-state index contributed by atoms with van der Waals surface area (Å²) in [6, 6.07) is 10.4. The Morgan fingerprint density at radius 2 is 1.97 bits per heavy atom. The van der Waals surface area contributed by atoms with Crippen molar-refractivity contribution in [2.75, 3.05) is 13.2 Å². The fourth-order valence-corrected chi connectivity index (χ4v) is 4.23. The number of nitrogens with one attached hydrogen (secondary N) is 2. The zero-order chi connectivity index (χ0) is 20.7. The van der Waals surface area contributed by atoms with E-state index in [1.54, 1.807) is 12.1 Å². The summed E-state index contributed by atoms with van der Waals surface area (Å²) in [6.07, 6.45) is 3.08. The molecule has 3 amide bonds. The first-order valence-corrected chi connectivity index (χ1v) is 10.2. The molecule has 1 aromatic heterocycles. The Morgan fingerprint density at radius 3 is 2.87 bits per heavy atom. The van der Waals surface area contributed by atoms with Crippen molar-refractivity contribution in [2.24, 2.45) is 0 Å². The molecule has 0 spiro atoms. The molecule has 3 heterocycles. The number of aromatic nitrogens is 1. The van der Waals surface area contributed by atoms with E-state index in [4.69, 9.17) is 21.1 Å². The Hall–Kier alpha value is -3.19. The molecule has 154 valence electrons. The number of imide groups is 1. The first-order valence-electron chi connectivity index (χ1n) is 9.85. The molecule has 0 radical (unpaired) electrons. The Bertz CT molecular complexity index is 1140. The van der Waals surface area contributed by atoms with Crippen LogP contribution in [0.25, 0.3) is 10.9 Å². The van der Waals surface area contributed by atoms with E-state index in [-0.39, 0.29) is 12.5 Å². The number of fused-ring (bicyclic) bond motifs is 2. The Balaban J connectivity index is 1.35. The Kier molecular flexibility index (Phi) is 4.75. The van der Waals surface area contributed by atoms with Crippen LogP contribution in [-0.2, 0) is 17.8 Å². The number of rotatable bonds is 4. The molecule has 1 fully saturated rings. The van der Waals surface area contributed by atoms with Crippen molar-refractivity contribution in [1.82, 2.24) is 15.2 Å². The maximum absolute atomic E-state index is 13.0. The van der Waals surface area contributed by atoms with E-state index < -0.39 is 12.1 Å². The van der Waals surface area contributed by atoms with Gasteiger partial charge in [-0.2, -0.15) is 0 Å². The molecule has 7 nitrogen and oxygen atoms in total. The molecule has 0 saturated carbocycles. The van der Waals surface area contributed by atoms with Crippen molar-refractivity contribution in [3.05, 3.63) is 58.7 Å². The second-order valence-electron chi connectivity index (χ2n) is 7.45. The summed E-state index contributed by atoms with van der Waals surface area (Å²) in [5, 5.41) is 4.26. The highest BCUT2D eigenvalue weighted by Crippen LogP contribution is 2.38. The molecule has 30 heavy (non-hydrogen) atoms. The number of H-pyrrole nitrogens is 1. The number of benzene rings is 2. The highest BCUT2D eigenvalue weighted by atomic mass is 35.5. The van der Waals surface area contributed by atoms with E-state index in [0.29, 0.717) is 41.7 Å². The number of para-hydroxylation sites is 1. The number of halogens is 1. The normalized spacial score (nSPS) is 18.6. The van der Waals surface area contributed by atoms with Crippen LogP contribution in [0.2, 0.25) is 5.02 Å². The number of hydrogen-bond acceptors (Lipinski definition) is 4. The van der Waals surface area contributed by atoms with E-state index in [1.807, 2.05) is 30.5 Å². The summed E-state index contributed by atoms with van der Waals surface area (Å²) in [5.74, 6) is 0.790. The van der Waals surface area contributed by atoms with Crippen molar-refractivity contribution < 1.29 is 19.1 Å². The summed E-state index contributed by atoms with van der Waals surface area (Å²) in [6.45, 7) is 1.18. The van der Waals surface area contributed by atoms with Crippen LogP contribution in [-0.4, -0.2) is 41.1 Å². The standard InChI is InChI=1S/C22H20ClN3O4/c23-16-8-13(9-19-20(16)30-7-3-6-29-19)12-26-21(27)18(25-22(26)28)10-14-11-24-17-5-2-1-4-15(14)17/h1-2,4-5,8-9,11,18,24H,3,6-7,10,12H2,(H,25,28). The molecule has 8 heteroatoms. The summed E-state index contributed by atoms with van der Waals surface area (Å²) < 4.78 is 11.3. The van der Waals surface area contributed by atoms with Crippen LogP contribution in [0.15, 0.2) is 42.6 Å². The molecule has 1 atom stereocenters. The molecule has 1 unspecified atom stereocenters. The van der Waals surface area contributed by atoms with Crippen molar-refractivity contribution >= 4 is 34.4 Å². The van der Waals surface area contributed by atoms with Gasteiger partial charge >= 0.3 is 6.03 Å². The lowest BCUT2D eigenvalue weighted by Gasteiger charge is -2.16. The van der Waals surface area contributed by atoms with E-state index in [1.165, 1.54) is 4.90 Å². The lowest BCUT2D eigenvalue weighted by atomic mass is 10.0. The molecule has 2 N–H and O–H groups in total. The summed E-state index contributed by atoms with van der Waals surface area (Å²) in [5.41, 5.74) is 2.70. The van der Waals surface area contributed by atoms with Gasteiger partial charge in [-0.05, 0) is 29.3 Å². The molecule has 2 aromatic carbocycles. The van der Waals surface area contributed by atoms with Crippen LogP contribution < -0.4 is 14.8 Å². The first kappa shape index (κ1) is 18.8. The second-order valence-corrected chi connectivity index (χ2v) is 7.85. The molecule has 5 rings (SSSR count). The van der Waals surface area contributed by atoms with Crippen molar-refractivity contribution in [3.8, 4) is 11.5 Å².